The predicted octanol–water partition coefficient (Wildman–Crippen LogP) is 5.75. The van der Waals surface area contributed by atoms with Gasteiger partial charge >= 0.3 is 6.03 Å². The molecule has 10 heteroatoms. The van der Waals surface area contributed by atoms with Crippen molar-refractivity contribution in [3.05, 3.63) is 69.7 Å². The summed E-state index contributed by atoms with van der Waals surface area (Å²) in [4.78, 5) is 29.4. The van der Waals surface area contributed by atoms with Gasteiger partial charge in [0.2, 0.25) is 5.91 Å². The lowest BCUT2D eigenvalue weighted by molar-refractivity contribution is -0.134. The lowest BCUT2D eigenvalue weighted by Crippen LogP contribution is -2.47. The molecule has 7 nitrogen and oxygen atoms in total. The van der Waals surface area contributed by atoms with Crippen LogP contribution in [0.25, 0.3) is 11.3 Å². The van der Waals surface area contributed by atoms with Gasteiger partial charge in [0.05, 0.1) is 10.6 Å². The second-order valence-corrected chi connectivity index (χ2v) is 9.01. The number of nitrogens with zero attached hydrogens (tertiary/aromatic N) is 3. The van der Waals surface area contributed by atoms with Crippen molar-refractivity contribution < 1.29 is 18.5 Å². The van der Waals surface area contributed by atoms with Crippen LogP contribution in [-0.2, 0) is 11.3 Å². The van der Waals surface area contributed by atoms with Gasteiger partial charge in [0.25, 0.3) is 0 Å². The molecule has 2 aromatic carbocycles. The van der Waals surface area contributed by atoms with Crippen LogP contribution in [0.15, 0.2) is 47.0 Å². The zero-order chi connectivity index (χ0) is 24.4. The maximum atomic E-state index is 14.5. The van der Waals surface area contributed by atoms with Crippen molar-refractivity contribution in [1.29, 1.82) is 0 Å². The number of likely N-dealkylation sites (tertiary alicyclic amines) is 1. The van der Waals surface area contributed by atoms with Gasteiger partial charge in [-0.2, -0.15) is 0 Å². The monoisotopic (exact) mass is 504 g/mol. The van der Waals surface area contributed by atoms with Crippen LogP contribution in [0, 0.1) is 12.7 Å². The van der Waals surface area contributed by atoms with Crippen molar-refractivity contribution in [1.82, 2.24) is 15.0 Å². The maximum Gasteiger partial charge on any atom is 0.322 e. The summed E-state index contributed by atoms with van der Waals surface area (Å²) in [6, 6.07) is 10.4. The van der Waals surface area contributed by atoms with E-state index in [1.165, 1.54) is 23.1 Å². The molecule has 3 aromatic rings. The molecule has 1 unspecified atom stereocenters. The average molecular weight is 505 g/mol. The van der Waals surface area contributed by atoms with Crippen molar-refractivity contribution >= 4 is 40.8 Å². The van der Waals surface area contributed by atoms with E-state index in [9.17, 15) is 14.0 Å². The van der Waals surface area contributed by atoms with Gasteiger partial charge in [0.15, 0.2) is 5.76 Å². The first-order valence-corrected chi connectivity index (χ1v) is 11.5. The fourth-order valence-corrected chi connectivity index (χ4v) is 4.43. The molecule has 1 aromatic heterocycles. The quantitative estimate of drug-likeness (QED) is 0.479. The Morgan fingerprint density at radius 3 is 2.68 bits per heavy atom. The van der Waals surface area contributed by atoms with Crippen LogP contribution in [0.5, 0.6) is 0 Å². The van der Waals surface area contributed by atoms with E-state index in [1.54, 1.807) is 31.0 Å². The van der Waals surface area contributed by atoms with Crippen LogP contribution in [0.2, 0.25) is 10.0 Å². The number of likely N-dealkylation sites (N-methyl/N-ethyl adjacent to an activating group) is 1. The molecule has 0 aliphatic carbocycles. The fraction of sp³-hybridized carbons (Fsp3) is 0.292. The predicted molar refractivity (Wildman–Crippen MR) is 128 cm³/mol. The number of nitrogens with one attached hydrogen (secondary N) is 1. The number of hydrogen-bond acceptors (Lipinski definition) is 4. The first-order chi connectivity index (χ1) is 16.3. The molecule has 1 N–H and O–H groups in total. The molecule has 2 heterocycles. The lowest BCUT2D eigenvalue weighted by atomic mass is 10.1. The van der Waals surface area contributed by atoms with Crippen molar-refractivity contribution in [3.63, 3.8) is 0 Å². The minimum Gasteiger partial charge on any atom is -0.359 e. The number of rotatable bonds is 5. The summed E-state index contributed by atoms with van der Waals surface area (Å²) in [5.41, 5.74) is 1.27. The molecule has 0 bridgehead atoms. The Hall–Kier alpha value is -3.10. The molecule has 1 saturated heterocycles. The number of amides is 3. The average Bonchev–Trinajstić information content (AvgIpc) is 3.43. The summed E-state index contributed by atoms with van der Waals surface area (Å²) in [5, 5.41) is 7.42. The van der Waals surface area contributed by atoms with Crippen molar-refractivity contribution in [3.8, 4) is 11.3 Å². The molecule has 4 rings (SSSR count). The second kappa shape index (κ2) is 10.0. The second-order valence-electron chi connectivity index (χ2n) is 8.16. The lowest BCUT2D eigenvalue weighted by Gasteiger charge is -2.28. The first-order valence-electron chi connectivity index (χ1n) is 10.7. The van der Waals surface area contributed by atoms with E-state index in [1.807, 2.05) is 12.1 Å². The molecule has 0 radical (unpaired) electrons. The molecule has 1 fully saturated rings. The van der Waals surface area contributed by atoms with E-state index < -0.39 is 17.9 Å². The van der Waals surface area contributed by atoms with Crippen LogP contribution >= 0.6 is 23.2 Å². The van der Waals surface area contributed by atoms with Gasteiger partial charge in [-0.1, -0.05) is 46.6 Å². The molecular formula is C24H23Cl2FN4O3. The van der Waals surface area contributed by atoms with Crippen molar-refractivity contribution in [2.45, 2.75) is 32.4 Å². The number of anilines is 1. The number of halogens is 3. The third-order valence-electron chi connectivity index (χ3n) is 5.80. The van der Waals surface area contributed by atoms with E-state index in [-0.39, 0.29) is 27.9 Å². The molecule has 34 heavy (non-hydrogen) atoms. The molecule has 0 saturated carbocycles. The summed E-state index contributed by atoms with van der Waals surface area (Å²) in [7, 11) is 1.70. The van der Waals surface area contributed by atoms with Crippen LogP contribution in [-0.4, -0.2) is 46.5 Å². The minimum absolute atomic E-state index is 0.0352. The normalized spacial score (nSPS) is 15.4. The van der Waals surface area contributed by atoms with Gasteiger partial charge in [0, 0.05) is 25.2 Å². The van der Waals surface area contributed by atoms with E-state index >= 15 is 0 Å². The highest BCUT2D eigenvalue weighted by molar-refractivity contribution is 6.33. The minimum atomic E-state index is -0.613. The Balaban J connectivity index is 1.51. The van der Waals surface area contributed by atoms with Gasteiger partial charge in [-0.25, -0.2) is 9.18 Å². The van der Waals surface area contributed by atoms with Crippen molar-refractivity contribution in [2.75, 3.05) is 18.9 Å². The van der Waals surface area contributed by atoms with E-state index in [2.05, 4.69) is 10.5 Å². The van der Waals surface area contributed by atoms with E-state index in [0.717, 1.165) is 5.56 Å². The Kier molecular flexibility index (Phi) is 7.09. The SMILES string of the molecule is Cc1onc(-c2c(F)cccc2Cl)c1NC(=O)N1CCCC1C(=O)N(C)Cc1ccc(Cl)cc1. The smallest absolute Gasteiger partial charge is 0.322 e. The highest BCUT2D eigenvalue weighted by Gasteiger charge is 2.36. The van der Waals surface area contributed by atoms with Crippen LogP contribution < -0.4 is 5.32 Å². The maximum absolute atomic E-state index is 14.5. The third kappa shape index (κ3) is 4.88. The highest BCUT2D eigenvalue weighted by atomic mass is 35.5. The van der Waals surface area contributed by atoms with E-state index in [0.29, 0.717) is 36.7 Å². The molecular weight excluding hydrogens is 482 g/mol. The number of carbonyl (C=O) groups excluding carboxylic acids is 2. The number of carbonyl (C=O) groups is 2. The topological polar surface area (TPSA) is 78.7 Å². The number of aromatic nitrogens is 1. The van der Waals surface area contributed by atoms with Crippen LogP contribution in [0.3, 0.4) is 0 Å². The van der Waals surface area contributed by atoms with Gasteiger partial charge in [-0.05, 0) is 49.6 Å². The summed E-state index contributed by atoms with van der Waals surface area (Å²) in [5.74, 6) is -0.457. The van der Waals surface area contributed by atoms with Gasteiger partial charge in [-0.3, -0.25) is 4.79 Å². The molecule has 1 aliphatic heterocycles. The Morgan fingerprint density at radius 1 is 1.24 bits per heavy atom. The molecule has 3 amide bonds. The van der Waals surface area contributed by atoms with Gasteiger partial charge in [-0.15, -0.1) is 0 Å². The zero-order valence-corrected chi connectivity index (χ0v) is 20.2. The van der Waals surface area contributed by atoms with Crippen LogP contribution in [0.1, 0.15) is 24.2 Å². The van der Waals surface area contributed by atoms with E-state index in [4.69, 9.17) is 27.7 Å². The number of hydrogen-bond donors (Lipinski definition) is 1. The molecule has 1 aliphatic rings. The highest BCUT2D eigenvalue weighted by Crippen LogP contribution is 2.37. The summed E-state index contributed by atoms with van der Waals surface area (Å²) in [6.07, 6.45) is 1.24. The largest absolute Gasteiger partial charge is 0.359 e. The number of aryl methyl sites for hydroxylation is 1. The Bertz CT molecular complexity index is 1200. The molecule has 178 valence electrons. The number of benzene rings is 2. The summed E-state index contributed by atoms with van der Waals surface area (Å²) in [6.45, 7) is 2.41. The van der Waals surface area contributed by atoms with Gasteiger partial charge < -0.3 is 19.6 Å². The third-order valence-corrected chi connectivity index (χ3v) is 6.37. The standard InChI is InChI=1S/C24H23Cl2FN4O3/c1-14-21(22(29-34-14)20-17(26)5-3-6-18(20)27)28-24(33)31-12-4-7-19(31)23(32)30(2)13-15-8-10-16(25)11-9-15/h3,5-6,8-11,19H,4,7,12-13H2,1-2H3,(H,28,33). The zero-order valence-electron chi connectivity index (χ0n) is 18.6. The van der Waals surface area contributed by atoms with Crippen molar-refractivity contribution in [2.24, 2.45) is 0 Å². The molecule has 1 atom stereocenters. The first kappa shape index (κ1) is 24.0. The molecule has 0 spiro atoms. The summed E-state index contributed by atoms with van der Waals surface area (Å²) >= 11 is 12.1. The fourth-order valence-electron chi connectivity index (χ4n) is 4.06. The number of urea groups is 1. The Morgan fingerprint density at radius 2 is 1.97 bits per heavy atom. The Labute approximate surface area is 206 Å². The van der Waals surface area contributed by atoms with Crippen LogP contribution in [0.4, 0.5) is 14.9 Å². The van der Waals surface area contributed by atoms with Gasteiger partial charge in [0.1, 0.15) is 23.2 Å². The summed E-state index contributed by atoms with van der Waals surface area (Å²) < 4.78 is 19.7.